The number of carbonyl (C=O) groups excluding carboxylic acids is 1. The summed E-state index contributed by atoms with van der Waals surface area (Å²) in [4.78, 5) is 21.8. The van der Waals surface area contributed by atoms with Crippen molar-refractivity contribution in [2.75, 3.05) is 7.11 Å². The van der Waals surface area contributed by atoms with Gasteiger partial charge in [0.15, 0.2) is 0 Å². The normalized spacial score (nSPS) is 11.1. The number of carbonyl (C=O) groups is 1. The average molecular weight is 379 g/mol. The largest absolute Gasteiger partial charge is 0.465 e. The summed E-state index contributed by atoms with van der Waals surface area (Å²) in [5, 5.41) is 0. The molecule has 0 N–H and O–H groups in total. The molecule has 0 unspecified atom stereocenters. The third-order valence-corrected chi connectivity index (χ3v) is 5.05. The quantitative estimate of drug-likeness (QED) is 0.414. The maximum absolute atomic E-state index is 12.9. The molecule has 0 saturated carbocycles. The fraction of sp³-hybridized carbons (Fsp3) is 0.0417. The fourth-order valence-corrected chi connectivity index (χ4v) is 3.75. The summed E-state index contributed by atoms with van der Waals surface area (Å²) < 4.78 is 7.16. The van der Waals surface area contributed by atoms with Crippen molar-refractivity contribution in [1.82, 2.24) is 14.4 Å². The molecule has 0 aliphatic carbocycles. The molecule has 0 fully saturated rings. The molecule has 5 rings (SSSR count). The predicted octanol–water partition coefficient (Wildman–Crippen LogP) is 5.00. The van der Waals surface area contributed by atoms with Crippen LogP contribution in [0.3, 0.4) is 0 Å². The van der Waals surface area contributed by atoms with Crippen molar-refractivity contribution in [2.24, 2.45) is 0 Å². The summed E-state index contributed by atoms with van der Waals surface area (Å²) in [5.41, 5.74) is 6.44. The van der Waals surface area contributed by atoms with Crippen molar-refractivity contribution in [3.8, 4) is 22.3 Å². The number of hydrogen-bond donors (Lipinski definition) is 0. The number of fused-ring (bicyclic) bond motifs is 3. The molecule has 5 aromatic rings. The Labute approximate surface area is 167 Å². The summed E-state index contributed by atoms with van der Waals surface area (Å²) in [6, 6.07) is 21.8. The van der Waals surface area contributed by atoms with Crippen LogP contribution in [0.1, 0.15) is 10.4 Å². The molecule has 29 heavy (non-hydrogen) atoms. The Morgan fingerprint density at radius 1 is 0.897 bits per heavy atom. The lowest BCUT2D eigenvalue weighted by atomic mass is 9.93. The van der Waals surface area contributed by atoms with E-state index in [0.717, 1.165) is 33.4 Å². The number of esters is 1. The number of imidazole rings is 1. The van der Waals surface area contributed by atoms with Gasteiger partial charge in [-0.2, -0.15) is 0 Å². The second-order valence-corrected chi connectivity index (χ2v) is 6.68. The van der Waals surface area contributed by atoms with E-state index in [-0.39, 0.29) is 0 Å². The number of rotatable bonds is 3. The van der Waals surface area contributed by atoms with E-state index in [1.807, 2.05) is 65.2 Å². The van der Waals surface area contributed by atoms with Crippen molar-refractivity contribution in [3.63, 3.8) is 0 Å². The zero-order valence-corrected chi connectivity index (χ0v) is 15.7. The summed E-state index contributed by atoms with van der Waals surface area (Å²) in [5.74, 6) is -0.412. The molecule has 0 saturated heterocycles. The Kier molecular flexibility index (Phi) is 4.06. The Morgan fingerprint density at radius 3 is 2.38 bits per heavy atom. The SMILES string of the molecule is COC(=O)c1c(-c2ccncc2)cc(-c2ccccc2)c2c1nc1ccccn12. The van der Waals surface area contributed by atoms with E-state index in [0.29, 0.717) is 11.1 Å². The van der Waals surface area contributed by atoms with Gasteiger partial charge in [0, 0.05) is 24.2 Å². The number of nitrogens with zero attached hydrogens (tertiary/aromatic N) is 3. The Bertz CT molecular complexity index is 1340. The zero-order chi connectivity index (χ0) is 19.8. The molecule has 0 amide bonds. The van der Waals surface area contributed by atoms with E-state index in [1.165, 1.54) is 7.11 Å². The van der Waals surface area contributed by atoms with Gasteiger partial charge in [0.1, 0.15) is 11.2 Å². The highest BCUT2D eigenvalue weighted by Gasteiger charge is 2.24. The van der Waals surface area contributed by atoms with E-state index < -0.39 is 5.97 Å². The monoisotopic (exact) mass is 379 g/mol. The predicted molar refractivity (Wildman–Crippen MR) is 113 cm³/mol. The Morgan fingerprint density at radius 2 is 1.62 bits per heavy atom. The molecule has 0 spiro atoms. The van der Waals surface area contributed by atoms with Crippen LogP contribution in [0.25, 0.3) is 38.9 Å². The summed E-state index contributed by atoms with van der Waals surface area (Å²) >= 11 is 0. The molecule has 3 aromatic heterocycles. The minimum atomic E-state index is -0.412. The lowest BCUT2D eigenvalue weighted by Crippen LogP contribution is -2.06. The molecule has 2 aromatic carbocycles. The number of benzene rings is 2. The minimum Gasteiger partial charge on any atom is -0.465 e. The summed E-state index contributed by atoms with van der Waals surface area (Å²) in [6.07, 6.45) is 5.39. The van der Waals surface area contributed by atoms with E-state index in [1.54, 1.807) is 12.4 Å². The smallest absolute Gasteiger partial charge is 0.340 e. The lowest BCUT2D eigenvalue weighted by molar-refractivity contribution is 0.0603. The highest BCUT2D eigenvalue weighted by atomic mass is 16.5. The first-order valence-corrected chi connectivity index (χ1v) is 9.26. The lowest BCUT2D eigenvalue weighted by Gasteiger charge is -2.13. The van der Waals surface area contributed by atoms with E-state index in [9.17, 15) is 4.79 Å². The first kappa shape index (κ1) is 17.1. The highest BCUT2D eigenvalue weighted by Crippen LogP contribution is 2.38. The van der Waals surface area contributed by atoms with Gasteiger partial charge in [-0.1, -0.05) is 36.4 Å². The minimum absolute atomic E-state index is 0.412. The second kappa shape index (κ2) is 6.87. The van der Waals surface area contributed by atoms with Crippen LogP contribution in [0.15, 0.2) is 85.3 Å². The number of aromatic nitrogens is 3. The molecule has 0 bridgehead atoms. The van der Waals surface area contributed by atoms with Gasteiger partial charge < -0.3 is 4.74 Å². The molecular formula is C24H17N3O2. The maximum Gasteiger partial charge on any atom is 0.340 e. The van der Waals surface area contributed by atoms with Gasteiger partial charge in [-0.3, -0.25) is 9.38 Å². The Balaban J connectivity index is 1.99. The van der Waals surface area contributed by atoms with Crippen molar-refractivity contribution in [3.05, 3.63) is 90.9 Å². The molecule has 0 radical (unpaired) electrons. The van der Waals surface area contributed by atoms with Crippen LogP contribution in [-0.4, -0.2) is 27.4 Å². The van der Waals surface area contributed by atoms with Crippen LogP contribution in [0.2, 0.25) is 0 Å². The maximum atomic E-state index is 12.9. The third-order valence-electron chi connectivity index (χ3n) is 5.05. The van der Waals surface area contributed by atoms with E-state index in [4.69, 9.17) is 9.72 Å². The molecule has 0 aliphatic rings. The van der Waals surface area contributed by atoms with Crippen molar-refractivity contribution in [1.29, 1.82) is 0 Å². The fourth-order valence-electron chi connectivity index (χ4n) is 3.75. The van der Waals surface area contributed by atoms with Crippen LogP contribution >= 0.6 is 0 Å². The van der Waals surface area contributed by atoms with Gasteiger partial charge in [-0.05, 0) is 47.0 Å². The van der Waals surface area contributed by atoms with Gasteiger partial charge in [0.05, 0.1) is 18.2 Å². The van der Waals surface area contributed by atoms with Gasteiger partial charge in [0.25, 0.3) is 0 Å². The van der Waals surface area contributed by atoms with E-state index >= 15 is 0 Å². The topological polar surface area (TPSA) is 56.5 Å². The third kappa shape index (κ3) is 2.75. The molecule has 3 heterocycles. The zero-order valence-electron chi connectivity index (χ0n) is 15.7. The highest BCUT2D eigenvalue weighted by molar-refractivity contribution is 6.13. The first-order valence-electron chi connectivity index (χ1n) is 9.26. The molecule has 5 nitrogen and oxygen atoms in total. The first-order chi connectivity index (χ1) is 14.3. The molecule has 0 atom stereocenters. The summed E-state index contributed by atoms with van der Waals surface area (Å²) in [7, 11) is 1.39. The second-order valence-electron chi connectivity index (χ2n) is 6.68. The van der Waals surface area contributed by atoms with Crippen molar-refractivity contribution >= 4 is 22.6 Å². The van der Waals surface area contributed by atoms with Crippen LogP contribution in [0.4, 0.5) is 0 Å². The molecule has 140 valence electrons. The number of ether oxygens (including phenoxy) is 1. The average Bonchev–Trinajstić information content (AvgIpc) is 3.18. The van der Waals surface area contributed by atoms with Gasteiger partial charge >= 0.3 is 5.97 Å². The number of hydrogen-bond acceptors (Lipinski definition) is 4. The van der Waals surface area contributed by atoms with Gasteiger partial charge in [-0.15, -0.1) is 0 Å². The number of methoxy groups -OCH3 is 1. The summed E-state index contributed by atoms with van der Waals surface area (Å²) in [6.45, 7) is 0. The van der Waals surface area contributed by atoms with Gasteiger partial charge in [-0.25, -0.2) is 9.78 Å². The van der Waals surface area contributed by atoms with Crippen molar-refractivity contribution < 1.29 is 9.53 Å². The van der Waals surface area contributed by atoms with Crippen molar-refractivity contribution in [2.45, 2.75) is 0 Å². The van der Waals surface area contributed by atoms with Crippen LogP contribution in [0, 0.1) is 0 Å². The van der Waals surface area contributed by atoms with Crippen LogP contribution in [-0.2, 0) is 4.74 Å². The van der Waals surface area contributed by atoms with Crippen LogP contribution < -0.4 is 0 Å². The standard InChI is InChI=1S/C24H17N3O2/c1-29-24(28)21-18(17-10-12-25-13-11-17)15-19(16-7-3-2-4-8-16)23-22(21)26-20-9-5-6-14-27(20)23/h2-15H,1H3. The Hall–Kier alpha value is -3.99. The molecule has 5 heteroatoms. The molecular weight excluding hydrogens is 362 g/mol. The molecule has 0 aliphatic heterocycles. The van der Waals surface area contributed by atoms with Crippen LogP contribution in [0.5, 0.6) is 0 Å². The number of pyridine rings is 2. The van der Waals surface area contributed by atoms with E-state index in [2.05, 4.69) is 17.1 Å². The van der Waals surface area contributed by atoms with Gasteiger partial charge in [0.2, 0.25) is 0 Å².